The number of likely N-dealkylation sites (tertiary alicyclic amines) is 3. The van der Waals surface area contributed by atoms with E-state index in [9.17, 15) is 22.8 Å². The van der Waals surface area contributed by atoms with Gasteiger partial charge in [-0.2, -0.15) is 48.3 Å². The number of hydrogen-bond acceptors (Lipinski definition) is 28. The minimum Gasteiger partial charge on any atom is -0.468 e. The lowest BCUT2D eigenvalue weighted by Crippen LogP contribution is -2.42. The maximum Gasteiger partial charge on any atom is 0.410 e. The largest absolute Gasteiger partial charge is 0.468 e. The molecule has 7 aromatic rings. The summed E-state index contributed by atoms with van der Waals surface area (Å²) in [6, 6.07) is 11.8. The van der Waals surface area contributed by atoms with Gasteiger partial charge < -0.3 is 84.3 Å². The van der Waals surface area contributed by atoms with Crippen LogP contribution >= 0.6 is 0 Å². The highest BCUT2D eigenvalue weighted by atomic mass is 32.2. The van der Waals surface area contributed by atoms with Gasteiger partial charge in [-0.3, -0.25) is 18.2 Å². The van der Waals surface area contributed by atoms with E-state index in [0.29, 0.717) is 136 Å². The van der Waals surface area contributed by atoms with E-state index in [1.165, 1.54) is 12.7 Å². The highest BCUT2D eigenvalue weighted by Gasteiger charge is 2.30. The van der Waals surface area contributed by atoms with E-state index in [1.54, 1.807) is 42.8 Å². The number of carbonyl (C=O) groups is 2. The fourth-order valence-corrected chi connectivity index (χ4v) is 11.3. The molecule has 0 spiro atoms. The summed E-state index contributed by atoms with van der Waals surface area (Å²) in [7, 11) is 4.46. The molecule has 0 atom stereocenters. The van der Waals surface area contributed by atoms with Crippen LogP contribution in [0.1, 0.15) is 98.5 Å². The Labute approximate surface area is 576 Å². The van der Waals surface area contributed by atoms with Crippen LogP contribution in [0.3, 0.4) is 0 Å². The first-order valence-electron chi connectivity index (χ1n) is 33.0. The van der Waals surface area contributed by atoms with Crippen molar-refractivity contribution in [2.75, 3.05) is 145 Å². The second-order valence-corrected chi connectivity index (χ2v) is 27.6. The van der Waals surface area contributed by atoms with Crippen molar-refractivity contribution >= 4 is 73.2 Å². The smallest absolute Gasteiger partial charge is 0.410 e. The molecule has 3 saturated heterocycles. The Bertz CT molecular complexity index is 3840. The third-order valence-corrected chi connectivity index (χ3v) is 16.6. The molecule has 3 aliphatic rings. The zero-order valence-electron chi connectivity index (χ0n) is 59.1. The molecule has 6 aromatic heterocycles. The van der Waals surface area contributed by atoms with Crippen molar-refractivity contribution in [2.24, 2.45) is 17.8 Å². The molecule has 2 amide bonds. The summed E-state index contributed by atoms with van der Waals surface area (Å²) in [5, 5.41) is 0. The number of imidazole rings is 3. The molecule has 10 rings (SSSR count). The van der Waals surface area contributed by atoms with Crippen LogP contribution in [0.2, 0.25) is 0 Å². The zero-order chi connectivity index (χ0) is 71.9. The van der Waals surface area contributed by atoms with Gasteiger partial charge in [0.1, 0.15) is 42.1 Å². The van der Waals surface area contributed by atoms with Crippen molar-refractivity contribution in [3.8, 4) is 30.1 Å². The number of methoxy groups -OCH3 is 5. The molecule has 548 valence electrons. The minimum absolute atomic E-state index is 0.157. The molecule has 99 heavy (non-hydrogen) atoms. The summed E-state index contributed by atoms with van der Waals surface area (Å²) in [5.41, 5.74) is 20.9. The van der Waals surface area contributed by atoms with E-state index in [2.05, 4.69) is 85.1 Å². The lowest BCUT2D eigenvalue weighted by Gasteiger charge is -2.33. The van der Waals surface area contributed by atoms with Gasteiger partial charge in [0.05, 0.1) is 46.9 Å². The molecule has 34 nitrogen and oxygen atoms in total. The van der Waals surface area contributed by atoms with Gasteiger partial charge in [-0.15, -0.1) is 0 Å². The van der Waals surface area contributed by atoms with Gasteiger partial charge in [0.2, 0.25) is 0 Å². The number of amides is 2. The Morgan fingerprint density at radius 2 is 1.03 bits per heavy atom. The number of aromatic nitrogens is 12. The molecule has 8 N–H and O–H groups in total. The molecule has 35 heteroatoms. The number of benzene rings is 1. The maximum atomic E-state index is 12.5. The molecule has 0 aliphatic carbocycles. The Hall–Kier alpha value is -8.64. The summed E-state index contributed by atoms with van der Waals surface area (Å²) in [6.07, 6.45) is 7.86. The summed E-state index contributed by atoms with van der Waals surface area (Å²) >= 11 is 0. The van der Waals surface area contributed by atoms with Gasteiger partial charge in [0, 0.05) is 67.1 Å². The van der Waals surface area contributed by atoms with Crippen molar-refractivity contribution in [3.05, 3.63) is 46.4 Å². The van der Waals surface area contributed by atoms with E-state index in [-0.39, 0.29) is 65.9 Å². The lowest BCUT2D eigenvalue weighted by molar-refractivity contribution is 0.0161. The average Bonchev–Trinajstić information content (AvgIpc) is 1.67. The van der Waals surface area contributed by atoms with E-state index in [4.69, 9.17) is 68.8 Å². The average molecular weight is 1410 g/mol. The molecule has 0 bridgehead atoms. The number of nitrogens with two attached hydrogens (primary N) is 3. The lowest BCUT2D eigenvalue weighted by atomic mass is 9.93. The number of hydrogen-bond donors (Lipinski definition) is 5. The van der Waals surface area contributed by atoms with Crippen LogP contribution in [0.15, 0.2) is 35.1 Å². The van der Waals surface area contributed by atoms with Crippen LogP contribution in [0.25, 0.3) is 33.5 Å². The third-order valence-electron chi connectivity index (χ3n) is 16.0. The molecule has 9 heterocycles. The first kappa shape index (κ1) is 77.7. The summed E-state index contributed by atoms with van der Waals surface area (Å²) in [6.45, 7) is 20.5. The third kappa shape index (κ3) is 24.6. The summed E-state index contributed by atoms with van der Waals surface area (Å²) < 4.78 is 82.4. The quantitative estimate of drug-likeness (QED) is 0.0319. The highest BCUT2D eigenvalue weighted by Crippen LogP contribution is 2.30. The molecular formula is C64H100N18O16S. The minimum atomic E-state index is -3.38. The first-order valence-corrected chi connectivity index (χ1v) is 34.8. The van der Waals surface area contributed by atoms with Crippen LogP contribution in [0.4, 0.5) is 27.0 Å². The van der Waals surface area contributed by atoms with Gasteiger partial charge in [-0.05, 0) is 129 Å². The fourth-order valence-electron chi connectivity index (χ4n) is 10.9. The monoisotopic (exact) mass is 1410 g/mol. The van der Waals surface area contributed by atoms with E-state index in [1.807, 2.05) is 46.1 Å². The Balaban J connectivity index is 0.000000192. The number of rotatable bonds is 25. The SMILES string of the molecule is CC(C)(C)OC(=O)N1CCC(COS(C)(=O)=O)CC1.COCCOc1nc(N)c2[nH]c(=O)n(CCC3CCN(Cc4ccccc4)CC3)c2n1.COCCOc1nc(N)c2[nH]c(OC)nc2n1.COCCOc1nc(N)c2nc(OC)n(CCC3CCN(C(=O)OC(C)(C)C)CC3)c2n1. The van der Waals surface area contributed by atoms with Gasteiger partial charge in [0.15, 0.2) is 39.9 Å². The van der Waals surface area contributed by atoms with Crippen LogP contribution < -0.4 is 46.6 Å². The van der Waals surface area contributed by atoms with Crippen molar-refractivity contribution in [1.29, 1.82) is 0 Å². The Morgan fingerprint density at radius 1 is 0.556 bits per heavy atom. The Kier molecular flexibility index (Phi) is 29.0. The molecular weight excluding hydrogens is 1310 g/mol. The summed E-state index contributed by atoms with van der Waals surface area (Å²) in [4.78, 5) is 81.9. The van der Waals surface area contributed by atoms with Crippen LogP contribution in [-0.4, -0.2) is 233 Å². The fraction of sp³-hybridized carbons (Fsp3) is 0.641. The molecule has 0 saturated carbocycles. The van der Waals surface area contributed by atoms with Gasteiger partial charge in [-0.1, -0.05) is 30.3 Å². The van der Waals surface area contributed by atoms with Gasteiger partial charge in [0.25, 0.3) is 22.1 Å². The number of aryl methyl sites for hydroxylation is 2. The predicted octanol–water partition coefficient (Wildman–Crippen LogP) is 6.09. The molecule has 0 radical (unpaired) electrons. The predicted molar refractivity (Wildman–Crippen MR) is 369 cm³/mol. The number of nitrogen functional groups attached to an aromatic ring is 3. The number of piperidine rings is 3. The standard InChI is InChI=1S/C22H30N6O3.C21H34N6O5.C12H23NO5S.C9H13N5O3/c1-30-13-14-31-21-25-19(23)18-20(26-21)28(22(29)24-18)12-9-16-7-10-27(11-8-16)15-17-5-3-2-4-6-17;1-21(2,3)32-20(28)26-9-6-14(7-10-26)8-11-27-17-15(23-19(27)30-5)16(22)24-18(25-17)31-13-12-29-4;1-12(2,3)18-11(14)13-7-5-10(6-8-13)9-17-19(4,15)16;1-15-3-4-17-9-12-6(10)5-7(14-9)13-8(11-5)16-2/h2-6,16H,7-15H2,1H3,(H,24,29)(H2,23,25,26);14H,6-13H2,1-5H3,(H2,22,24,25);10H,5-9H2,1-4H3;3-4H2,1-2H3,(H3,10,11,12,13,14). The van der Waals surface area contributed by atoms with Crippen molar-refractivity contribution < 1.29 is 69.6 Å². The number of nitrogens with zero attached hydrogens (tertiary/aromatic N) is 13. The van der Waals surface area contributed by atoms with E-state index < -0.39 is 21.3 Å². The normalized spacial score (nSPS) is 15.2. The number of ether oxygens (including phenoxy) is 10. The van der Waals surface area contributed by atoms with Gasteiger partial charge in [-0.25, -0.2) is 14.4 Å². The Morgan fingerprint density at radius 3 is 1.53 bits per heavy atom. The maximum absolute atomic E-state index is 12.5. The summed E-state index contributed by atoms with van der Waals surface area (Å²) in [5.74, 6) is 1.94. The number of aromatic amines is 2. The zero-order valence-corrected chi connectivity index (χ0v) is 59.9. The molecule has 3 aliphatic heterocycles. The number of H-pyrrole nitrogens is 2. The number of carbonyl (C=O) groups excluding carboxylic acids is 2. The van der Waals surface area contributed by atoms with Crippen LogP contribution in [0.5, 0.6) is 30.1 Å². The number of nitrogens with one attached hydrogen (secondary N) is 2. The van der Waals surface area contributed by atoms with Crippen molar-refractivity contribution in [2.45, 2.75) is 124 Å². The van der Waals surface area contributed by atoms with E-state index >= 15 is 0 Å². The second-order valence-electron chi connectivity index (χ2n) is 25.9. The van der Waals surface area contributed by atoms with Crippen molar-refractivity contribution in [3.63, 3.8) is 0 Å². The van der Waals surface area contributed by atoms with Gasteiger partial charge >= 0.3 is 35.9 Å². The number of anilines is 3. The van der Waals surface area contributed by atoms with E-state index in [0.717, 1.165) is 77.3 Å². The van der Waals surface area contributed by atoms with Crippen molar-refractivity contribution in [1.82, 2.24) is 73.7 Å². The second kappa shape index (κ2) is 37.0. The molecule has 1 aromatic carbocycles. The number of fused-ring (bicyclic) bond motifs is 3. The van der Waals surface area contributed by atoms with Crippen LogP contribution in [-0.2, 0) is 57.6 Å². The first-order chi connectivity index (χ1) is 47.2. The topological polar surface area (TPSA) is 419 Å². The highest BCUT2D eigenvalue weighted by molar-refractivity contribution is 7.86. The molecule has 0 unspecified atom stereocenters. The van der Waals surface area contributed by atoms with Crippen LogP contribution in [0, 0.1) is 17.8 Å². The molecule has 3 fully saturated rings.